The van der Waals surface area contributed by atoms with Crippen molar-refractivity contribution in [3.8, 4) is 17.2 Å². The third kappa shape index (κ3) is 2.20. The van der Waals surface area contributed by atoms with Crippen molar-refractivity contribution in [1.82, 2.24) is 0 Å². The molecule has 1 unspecified atom stereocenters. The van der Waals surface area contributed by atoms with Crippen molar-refractivity contribution in [3.05, 3.63) is 77.6 Å². The van der Waals surface area contributed by atoms with E-state index in [9.17, 15) is 10.0 Å². The number of carbonyl (C=O) groups is 1. The third-order valence-electron chi connectivity index (χ3n) is 6.05. The van der Waals surface area contributed by atoms with Crippen LogP contribution in [0.2, 0.25) is 0 Å². The van der Waals surface area contributed by atoms with Gasteiger partial charge in [-0.25, -0.2) is 0 Å². The van der Waals surface area contributed by atoms with Crippen LogP contribution in [0.3, 0.4) is 0 Å². The topological polar surface area (TPSA) is 72.1 Å². The number of nitrogens with zero attached hydrogens (tertiary/aromatic N) is 2. The van der Waals surface area contributed by atoms with Gasteiger partial charge in [0, 0.05) is 34.2 Å². The predicted octanol–water partition coefficient (Wildman–Crippen LogP) is 2.21. The number of fused-ring (bicyclic) bond motifs is 5. The molecule has 0 radical (unpaired) electrons. The highest BCUT2D eigenvalue weighted by Gasteiger charge is 2.57. The summed E-state index contributed by atoms with van der Waals surface area (Å²) >= 11 is 0. The van der Waals surface area contributed by atoms with Gasteiger partial charge in [-0.05, 0) is 23.8 Å². The smallest absolute Gasteiger partial charge is 0.253 e. The van der Waals surface area contributed by atoms with Crippen molar-refractivity contribution < 1.29 is 28.9 Å². The van der Waals surface area contributed by atoms with Gasteiger partial charge in [-0.2, -0.15) is 0 Å². The van der Waals surface area contributed by atoms with Crippen molar-refractivity contribution in [3.63, 3.8) is 0 Å². The molecule has 4 heterocycles. The van der Waals surface area contributed by atoms with Crippen molar-refractivity contribution >= 4 is 11.6 Å². The van der Waals surface area contributed by atoms with E-state index in [1.165, 1.54) is 0 Å². The van der Waals surface area contributed by atoms with Crippen molar-refractivity contribution in [2.24, 2.45) is 0 Å². The summed E-state index contributed by atoms with van der Waals surface area (Å²) in [6.07, 6.45) is 1.55. The van der Waals surface area contributed by atoms with E-state index in [1.807, 2.05) is 42.5 Å². The number of amides is 1. The molecular weight excluding hydrogens is 384 g/mol. The van der Waals surface area contributed by atoms with E-state index in [4.69, 9.17) is 14.2 Å². The Kier molecular flexibility index (Phi) is 3.50. The molecular formula is C23H19N2O5+. The van der Waals surface area contributed by atoms with Crippen molar-refractivity contribution in [2.75, 3.05) is 24.7 Å². The summed E-state index contributed by atoms with van der Waals surface area (Å²) in [6, 6.07) is 16.8. The fourth-order valence-electron chi connectivity index (χ4n) is 4.63. The number of hydrogen-bond acceptors (Lipinski definition) is 5. The Morgan fingerprint density at radius 1 is 0.933 bits per heavy atom. The number of benzene rings is 2. The van der Waals surface area contributed by atoms with Gasteiger partial charge in [-0.15, -0.1) is 0 Å². The van der Waals surface area contributed by atoms with Gasteiger partial charge in [0.1, 0.15) is 37.5 Å². The zero-order valence-electron chi connectivity index (χ0n) is 16.1. The Morgan fingerprint density at radius 3 is 2.53 bits per heavy atom. The van der Waals surface area contributed by atoms with Crippen molar-refractivity contribution in [2.45, 2.75) is 12.0 Å². The summed E-state index contributed by atoms with van der Waals surface area (Å²) in [5, 5.41) is 10.2. The van der Waals surface area contributed by atoms with Gasteiger partial charge < -0.3 is 19.1 Å². The molecule has 150 valence electrons. The third-order valence-corrected chi connectivity index (χ3v) is 6.05. The van der Waals surface area contributed by atoms with Crippen LogP contribution in [0.4, 0.5) is 5.69 Å². The lowest BCUT2D eigenvalue weighted by molar-refractivity contribution is -0.909. The van der Waals surface area contributed by atoms with Gasteiger partial charge in [-0.3, -0.25) is 10.0 Å². The van der Waals surface area contributed by atoms with Crippen LogP contribution in [0.5, 0.6) is 17.2 Å². The molecule has 0 fully saturated rings. The lowest BCUT2D eigenvalue weighted by Crippen LogP contribution is -2.44. The van der Waals surface area contributed by atoms with Gasteiger partial charge >= 0.3 is 0 Å². The highest BCUT2D eigenvalue weighted by Crippen LogP contribution is 2.54. The lowest BCUT2D eigenvalue weighted by atomic mass is 9.77. The average Bonchev–Trinajstić information content (AvgIpc) is 3.26. The summed E-state index contributed by atoms with van der Waals surface area (Å²) in [5.41, 5.74) is 2.16. The van der Waals surface area contributed by atoms with Gasteiger partial charge in [0.2, 0.25) is 12.1 Å². The zero-order chi connectivity index (χ0) is 20.3. The Hall–Kier alpha value is -3.74. The summed E-state index contributed by atoms with van der Waals surface area (Å²) < 4.78 is 18.5. The van der Waals surface area contributed by atoms with E-state index in [1.54, 1.807) is 23.2 Å². The monoisotopic (exact) mass is 403 g/mol. The van der Waals surface area contributed by atoms with Gasteiger partial charge in [0.25, 0.3) is 5.69 Å². The first-order valence-corrected chi connectivity index (χ1v) is 9.86. The standard InChI is InChI=1S/C23H19N2O5/c26-22-23(14-30-19-12-21-20(11-17(19)23)28-9-10-29-21)16-6-1-2-7-18(16)24(22)13-15-5-3-4-8-25(15)27/h1-8,11-12,27H,9-10,13-14H2/q+1. The van der Waals surface area contributed by atoms with Crippen molar-refractivity contribution in [1.29, 1.82) is 0 Å². The lowest BCUT2D eigenvalue weighted by Gasteiger charge is -2.24. The highest BCUT2D eigenvalue weighted by molar-refractivity contribution is 6.11. The van der Waals surface area contributed by atoms with E-state index in [2.05, 4.69) is 0 Å². The second-order valence-electron chi connectivity index (χ2n) is 7.63. The molecule has 1 amide bonds. The number of pyridine rings is 1. The molecule has 0 saturated carbocycles. The molecule has 1 N–H and O–H groups in total. The van der Waals surface area contributed by atoms with Gasteiger partial charge in [0.15, 0.2) is 11.5 Å². The molecule has 0 saturated heterocycles. The van der Waals surface area contributed by atoms with E-state index in [0.29, 0.717) is 36.2 Å². The minimum absolute atomic E-state index is 0.0806. The van der Waals surface area contributed by atoms with Crippen LogP contribution >= 0.6 is 0 Å². The fraction of sp³-hybridized carbons (Fsp3) is 0.217. The Morgan fingerprint density at radius 2 is 1.70 bits per heavy atom. The molecule has 3 aromatic rings. The predicted molar refractivity (Wildman–Crippen MR) is 105 cm³/mol. The van der Waals surface area contributed by atoms with Crippen LogP contribution < -0.4 is 23.8 Å². The maximum Gasteiger partial charge on any atom is 0.253 e. The Bertz CT molecular complexity index is 1190. The van der Waals surface area contributed by atoms with Crippen LogP contribution in [0, 0.1) is 0 Å². The number of hydrogen-bond donors (Lipinski definition) is 1. The minimum atomic E-state index is -0.948. The van der Waals surface area contributed by atoms with Crippen LogP contribution in [0.25, 0.3) is 0 Å². The first kappa shape index (κ1) is 17.1. The van der Waals surface area contributed by atoms with E-state index in [0.717, 1.165) is 21.5 Å². The molecule has 0 bridgehead atoms. The van der Waals surface area contributed by atoms with E-state index >= 15 is 0 Å². The maximum atomic E-state index is 13.9. The number of aromatic nitrogens is 1. The average molecular weight is 403 g/mol. The maximum absolute atomic E-state index is 13.9. The molecule has 1 atom stereocenters. The molecule has 3 aliphatic heterocycles. The number of ether oxygens (including phenoxy) is 3. The molecule has 0 aliphatic carbocycles. The summed E-state index contributed by atoms with van der Waals surface area (Å²) in [7, 11) is 0. The van der Waals surface area contributed by atoms with Crippen LogP contribution in [-0.2, 0) is 16.8 Å². The van der Waals surface area contributed by atoms with Crippen LogP contribution in [-0.4, -0.2) is 30.9 Å². The largest absolute Gasteiger partial charge is 0.491 e. The second-order valence-corrected chi connectivity index (χ2v) is 7.63. The first-order valence-electron chi connectivity index (χ1n) is 9.86. The first-order chi connectivity index (χ1) is 14.7. The number of para-hydroxylation sites is 1. The molecule has 30 heavy (non-hydrogen) atoms. The molecule has 7 heteroatoms. The molecule has 1 aromatic heterocycles. The number of carbonyl (C=O) groups excluding carboxylic acids is 1. The second kappa shape index (κ2) is 6.13. The fourth-order valence-corrected chi connectivity index (χ4v) is 4.63. The molecule has 1 spiro atoms. The Balaban J connectivity index is 1.50. The molecule has 2 aromatic carbocycles. The minimum Gasteiger partial charge on any atom is -0.491 e. The molecule has 3 aliphatic rings. The quantitative estimate of drug-likeness (QED) is 0.525. The molecule has 7 nitrogen and oxygen atoms in total. The summed E-state index contributed by atoms with van der Waals surface area (Å²) in [6.45, 7) is 1.42. The number of rotatable bonds is 2. The zero-order valence-corrected chi connectivity index (χ0v) is 16.1. The van der Waals surface area contributed by atoms with Gasteiger partial charge in [-0.1, -0.05) is 18.2 Å². The van der Waals surface area contributed by atoms with E-state index in [-0.39, 0.29) is 19.1 Å². The van der Waals surface area contributed by atoms with E-state index < -0.39 is 5.41 Å². The summed E-state index contributed by atoms with van der Waals surface area (Å²) in [4.78, 5) is 15.6. The normalized spacial score (nSPS) is 20.8. The summed E-state index contributed by atoms with van der Waals surface area (Å²) in [5.74, 6) is 1.83. The highest BCUT2D eigenvalue weighted by atomic mass is 16.6. The van der Waals surface area contributed by atoms with Crippen LogP contribution in [0.15, 0.2) is 60.8 Å². The molecule has 6 rings (SSSR count). The number of anilines is 1. The SMILES string of the molecule is O=C1N(Cc2cccc[n+]2O)c2ccccc2C12COc1cc3c(cc12)OCCO3. The van der Waals surface area contributed by atoms with Gasteiger partial charge in [0.05, 0.1) is 0 Å². The Labute approximate surface area is 172 Å². The van der Waals surface area contributed by atoms with Crippen LogP contribution in [0.1, 0.15) is 16.8 Å².